The van der Waals surface area contributed by atoms with Gasteiger partial charge in [-0.05, 0) is 26.2 Å². The topological polar surface area (TPSA) is 69.4 Å². The number of ketones is 1. The molecular formula is C19H29NO4. The number of carbonyl (C=O) groups is 2. The van der Waals surface area contributed by atoms with Crippen molar-refractivity contribution in [1.29, 1.82) is 0 Å². The van der Waals surface area contributed by atoms with Crippen LogP contribution in [0.15, 0.2) is 10.7 Å². The summed E-state index contributed by atoms with van der Waals surface area (Å²) in [5, 5.41) is 0. The van der Waals surface area contributed by atoms with Crippen LogP contribution in [-0.2, 0) is 9.53 Å². The van der Waals surface area contributed by atoms with Crippen LogP contribution in [0.5, 0.6) is 0 Å². The fourth-order valence-corrected chi connectivity index (χ4v) is 3.56. The van der Waals surface area contributed by atoms with Crippen LogP contribution in [-0.4, -0.2) is 23.3 Å². The first kappa shape index (κ1) is 18.7. The molecule has 0 saturated heterocycles. The molecule has 0 aliphatic heterocycles. The molecule has 1 fully saturated rings. The first-order valence-electron chi connectivity index (χ1n) is 9.22. The molecular weight excluding hydrogens is 306 g/mol. The van der Waals surface area contributed by atoms with E-state index in [2.05, 4.69) is 4.98 Å². The number of ether oxygens (including phenoxy) is 1. The summed E-state index contributed by atoms with van der Waals surface area (Å²) in [6.45, 7) is 3.64. The SMILES string of the molecule is CCOC(=O)c1coc([C@H](CCCC2CCCCC2)CC(C)=O)n1. The van der Waals surface area contributed by atoms with Crippen LogP contribution in [0.2, 0.25) is 0 Å². The highest BCUT2D eigenvalue weighted by Gasteiger charge is 2.23. The van der Waals surface area contributed by atoms with Gasteiger partial charge in [-0.1, -0.05) is 44.9 Å². The van der Waals surface area contributed by atoms with Crippen molar-refractivity contribution < 1.29 is 18.7 Å². The maximum absolute atomic E-state index is 11.7. The summed E-state index contributed by atoms with van der Waals surface area (Å²) >= 11 is 0. The average molecular weight is 335 g/mol. The van der Waals surface area contributed by atoms with Gasteiger partial charge in [-0.2, -0.15) is 0 Å². The molecule has 0 aromatic carbocycles. The van der Waals surface area contributed by atoms with E-state index in [9.17, 15) is 9.59 Å². The Labute approximate surface area is 144 Å². The number of Topliss-reactive ketones (excluding diaryl/α,β-unsaturated/α-hetero) is 1. The van der Waals surface area contributed by atoms with Crippen molar-refractivity contribution in [2.45, 2.75) is 77.6 Å². The van der Waals surface area contributed by atoms with Gasteiger partial charge >= 0.3 is 5.97 Å². The number of rotatable bonds is 9. The Balaban J connectivity index is 1.91. The van der Waals surface area contributed by atoms with E-state index in [0.717, 1.165) is 18.8 Å². The third-order valence-electron chi connectivity index (χ3n) is 4.78. The van der Waals surface area contributed by atoms with E-state index in [0.29, 0.717) is 18.9 Å². The quantitative estimate of drug-likeness (QED) is 0.614. The first-order chi connectivity index (χ1) is 11.6. The molecule has 134 valence electrons. The molecule has 0 spiro atoms. The Morgan fingerprint density at radius 3 is 2.75 bits per heavy atom. The summed E-state index contributed by atoms with van der Waals surface area (Å²) in [6, 6.07) is 0. The zero-order valence-corrected chi connectivity index (χ0v) is 14.9. The summed E-state index contributed by atoms with van der Waals surface area (Å²) in [4.78, 5) is 27.5. The predicted molar refractivity (Wildman–Crippen MR) is 90.9 cm³/mol. The van der Waals surface area contributed by atoms with Gasteiger partial charge in [0.1, 0.15) is 12.0 Å². The standard InChI is InChI=1S/C19H29NO4/c1-3-23-19(22)17-13-24-18(20-17)16(12-14(2)21)11-7-10-15-8-5-4-6-9-15/h13,15-16H,3-12H2,1-2H3/t16-/m1/s1. The summed E-state index contributed by atoms with van der Waals surface area (Å²) in [6.07, 6.45) is 11.6. The molecule has 1 aliphatic rings. The van der Waals surface area contributed by atoms with E-state index >= 15 is 0 Å². The highest BCUT2D eigenvalue weighted by molar-refractivity contribution is 5.86. The maximum atomic E-state index is 11.7. The second-order valence-electron chi connectivity index (χ2n) is 6.83. The number of oxazole rings is 1. The highest BCUT2D eigenvalue weighted by atomic mass is 16.5. The lowest BCUT2D eigenvalue weighted by Crippen LogP contribution is -2.10. The van der Waals surface area contributed by atoms with E-state index in [-0.39, 0.29) is 17.4 Å². The molecule has 1 aliphatic carbocycles. The van der Waals surface area contributed by atoms with Crippen LogP contribution < -0.4 is 0 Å². The lowest BCUT2D eigenvalue weighted by molar-refractivity contribution is -0.117. The van der Waals surface area contributed by atoms with Crippen molar-refractivity contribution in [3.05, 3.63) is 17.8 Å². The van der Waals surface area contributed by atoms with E-state index in [1.807, 2.05) is 0 Å². The first-order valence-corrected chi connectivity index (χ1v) is 9.22. The van der Waals surface area contributed by atoms with E-state index in [4.69, 9.17) is 9.15 Å². The normalized spacial score (nSPS) is 16.8. The third kappa shape index (κ3) is 5.77. The Morgan fingerprint density at radius 1 is 1.33 bits per heavy atom. The van der Waals surface area contributed by atoms with Crippen LogP contribution >= 0.6 is 0 Å². The molecule has 0 unspecified atom stereocenters. The van der Waals surface area contributed by atoms with Crippen molar-refractivity contribution in [2.24, 2.45) is 5.92 Å². The van der Waals surface area contributed by atoms with Crippen LogP contribution in [0, 0.1) is 5.92 Å². The van der Waals surface area contributed by atoms with Gasteiger partial charge in [-0.25, -0.2) is 9.78 Å². The molecule has 0 N–H and O–H groups in total. The molecule has 1 atom stereocenters. The zero-order chi connectivity index (χ0) is 17.4. The zero-order valence-electron chi connectivity index (χ0n) is 14.9. The van der Waals surface area contributed by atoms with Gasteiger partial charge in [-0.15, -0.1) is 0 Å². The molecule has 1 aromatic heterocycles. The van der Waals surface area contributed by atoms with Crippen molar-refractivity contribution in [2.75, 3.05) is 6.61 Å². The van der Waals surface area contributed by atoms with Gasteiger partial charge < -0.3 is 13.9 Å². The van der Waals surface area contributed by atoms with Crippen LogP contribution in [0.1, 0.15) is 93.9 Å². The number of nitrogens with zero attached hydrogens (tertiary/aromatic N) is 1. The Kier molecular flexibility index (Phi) is 7.47. The lowest BCUT2D eigenvalue weighted by Gasteiger charge is -2.22. The number of hydrogen-bond acceptors (Lipinski definition) is 5. The minimum Gasteiger partial charge on any atom is -0.461 e. The minimum atomic E-state index is -0.476. The van der Waals surface area contributed by atoms with Crippen molar-refractivity contribution in [3.8, 4) is 0 Å². The summed E-state index contributed by atoms with van der Waals surface area (Å²) < 4.78 is 10.4. The molecule has 5 nitrogen and oxygen atoms in total. The second-order valence-corrected chi connectivity index (χ2v) is 6.83. The molecule has 1 saturated carbocycles. The Morgan fingerprint density at radius 2 is 2.08 bits per heavy atom. The largest absolute Gasteiger partial charge is 0.461 e. The fraction of sp³-hybridized carbons (Fsp3) is 0.737. The number of hydrogen-bond donors (Lipinski definition) is 0. The van der Waals surface area contributed by atoms with Crippen LogP contribution in [0.25, 0.3) is 0 Å². The molecule has 0 amide bonds. The van der Waals surface area contributed by atoms with Gasteiger partial charge in [0.15, 0.2) is 11.6 Å². The van der Waals surface area contributed by atoms with E-state index in [1.54, 1.807) is 13.8 Å². The van der Waals surface area contributed by atoms with E-state index < -0.39 is 5.97 Å². The summed E-state index contributed by atoms with van der Waals surface area (Å²) in [7, 11) is 0. The van der Waals surface area contributed by atoms with Gasteiger partial charge in [0.25, 0.3) is 0 Å². The smallest absolute Gasteiger partial charge is 0.360 e. The van der Waals surface area contributed by atoms with Crippen molar-refractivity contribution in [3.63, 3.8) is 0 Å². The number of esters is 1. The Bertz CT molecular complexity index is 531. The average Bonchev–Trinajstić information content (AvgIpc) is 3.05. The predicted octanol–water partition coefficient (Wildman–Crippen LogP) is 4.66. The molecule has 0 radical (unpaired) electrons. The molecule has 24 heavy (non-hydrogen) atoms. The van der Waals surface area contributed by atoms with Gasteiger partial charge in [-0.3, -0.25) is 0 Å². The molecule has 1 aromatic rings. The molecule has 2 rings (SSSR count). The van der Waals surface area contributed by atoms with Crippen LogP contribution in [0.4, 0.5) is 0 Å². The molecule has 5 heteroatoms. The van der Waals surface area contributed by atoms with Gasteiger partial charge in [0, 0.05) is 12.3 Å². The monoisotopic (exact) mass is 335 g/mol. The van der Waals surface area contributed by atoms with Crippen molar-refractivity contribution in [1.82, 2.24) is 4.98 Å². The maximum Gasteiger partial charge on any atom is 0.360 e. The van der Waals surface area contributed by atoms with E-state index in [1.165, 1.54) is 44.8 Å². The fourth-order valence-electron chi connectivity index (χ4n) is 3.56. The second kappa shape index (κ2) is 9.60. The van der Waals surface area contributed by atoms with Gasteiger partial charge in [0.05, 0.1) is 6.61 Å². The number of carbonyl (C=O) groups excluding carboxylic acids is 2. The summed E-state index contributed by atoms with van der Waals surface area (Å²) in [5.41, 5.74) is 0.188. The Hall–Kier alpha value is -1.65. The number of aromatic nitrogens is 1. The third-order valence-corrected chi connectivity index (χ3v) is 4.78. The summed E-state index contributed by atoms with van der Waals surface area (Å²) in [5.74, 6) is 0.910. The molecule has 1 heterocycles. The van der Waals surface area contributed by atoms with Crippen LogP contribution in [0.3, 0.4) is 0 Å². The lowest BCUT2D eigenvalue weighted by atomic mass is 9.84. The van der Waals surface area contributed by atoms with Gasteiger partial charge in [0.2, 0.25) is 0 Å². The molecule has 0 bridgehead atoms. The van der Waals surface area contributed by atoms with Crippen molar-refractivity contribution >= 4 is 11.8 Å². The highest BCUT2D eigenvalue weighted by Crippen LogP contribution is 2.31. The minimum absolute atomic E-state index is 0.0470.